The molecule has 3 aliphatic rings. The SMILES string of the molecule is COc1ccc2c(c1)[C@@H](NC(C)=O)C[C@@H]1[C@@H]2CC[C@]2(C)CCC[C@@H]12. The van der Waals surface area contributed by atoms with Crippen LogP contribution in [0.2, 0.25) is 0 Å². The smallest absolute Gasteiger partial charge is 0.217 e. The summed E-state index contributed by atoms with van der Waals surface area (Å²) in [5, 5.41) is 3.22. The van der Waals surface area contributed by atoms with Crippen molar-refractivity contribution in [2.75, 3.05) is 7.11 Å². The molecular formula is C21H29NO2. The highest BCUT2D eigenvalue weighted by Crippen LogP contribution is 2.62. The average Bonchev–Trinajstić information content (AvgIpc) is 2.96. The molecule has 0 heterocycles. The normalized spacial score (nSPS) is 37.1. The van der Waals surface area contributed by atoms with E-state index in [1.807, 2.05) is 0 Å². The van der Waals surface area contributed by atoms with Crippen molar-refractivity contribution >= 4 is 5.91 Å². The molecule has 2 fully saturated rings. The molecule has 130 valence electrons. The summed E-state index contributed by atoms with van der Waals surface area (Å²) in [7, 11) is 1.71. The number of hydrogen-bond acceptors (Lipinski definition) is 2. The van der Waals surface area contributed by atoms with Gasteiger partial charge in [-0.25, -0.2) is 0 Å². The molecule has 24 heavy (non-hydrogen) atoms. The lowest BCUT2D eigenvalue weighted by Gasteiger charge is -2.51. The second kappa shape index (κ2) is 5.79. The molecule has 0 saturated heterocycles. The van der Waals surface area contributed by atoms with Gasteiger partial charge in [-0.1, -0.05) is 19.4 Å². The molecule has 0 radical (unpaired) electrons. The Morgan fingerprint density at radius 2 is 2.08 bits per heavy atom. The van der Waals surface area contributed by atoms with Gasteiger partial charge in [0.25, 0.3) is 0 Å². The third-order valence-corrected chi connectivity index (χ3v) is 7.17. The first-order valence-electron chi connectivity index (χ1n) is 9.47. The fraction of sp³-hybridized carbons (Fsp3) is 0.667. The van der Waals surface area contributed by atoms with E-state index in [1.54, 1.807) is 14.0 Å². The summed E-state index contributed by atoms with van der Waals surface area (Å²) in [6.07, 6.45) is 7.88. The third kappa shape index (κ3) is 2.44. The Bertz CT molecular complexity index is 655. The molecule has 5 atom stereocenters. The number of fused-ring (bicyclic) bond motifs is 5. The molecule has 1 aromatic rings. The minimum absolute atomic E-state index is 0.0669. The molecule has 3 aliphatic carbocycles. The van der Waals surface area contributed by atoms with Crippen molar-refractivity contribution in [2.24, 2.45) is 17.3 Å². The van der Waals surface area contributed by atoms with Crippen molar-refractivity contribution in [3.05, 3.63) is 29.3 Å². The van der Waals surface area contributed by atoms with Crippen molar-refractivity contribution in [3.63, 3.8) is 0 Å². The number of amides is 1. The van der Waals surface area contributed by atoms with E-state index in [2.05, 4.69) is 30.4 Å². The van der Waals surface area contributed by atoms with Crippen LogP contribution in [0.1, 0.15) is 75.5 Å². The first-order chi connectivity index (χ1) is 11.5. The molecule has 1 N–H and O–H groups in total. The summed E-state index contributed by atoms with van der Waals surface area (Å²) >= 11 is 0. The highest BCUT2D eigenvalue weighted by molar-refractivity contribution is 5.73. The van der Waals surface area contributed by atoms with Gasteiger partial charge in [-0.3, -0.25) is 4.79 Å². The van der Waals surface area contributed by atoms with Crippen LogP contribution in [0, 0.1) is 17.3 Å². The summed E-state index contributed by atoms with van der Waals surface area (Å²) in [5.74, 6) is 3.15. The second-order valence-corrected chi connectivity index (χ2v) is 8.45. The number of carbonyl (C=O) groups excluding carboxylic acids is 1. The van der Waals surface area contributed by atoms with Crippen LogP contribution in [-0.4, -0.2) is 13.0 Å². The zero-order valence-electron chi connectivity index (χ0n) is 15.1. The predicted molar refractivity (Wildman–Crippen MR) is 95.1 cm³/mol. The number of carbonyl (C=O) groups is 1. The van der Waals surface area contributed by atoms with Gasteiger partial charge in [-0.2, -0.15) is 0 Å². The van der Waals surface area contributed by atoms with Crippen LogP contribution >= 0.6 is 0 Å². The van der Waals surface area contributed by atoms with Gasteiger partial charge >= 0.3 is 0 Å². The highest BCUT2D eigenvalue weighted by Gasteiger charge is 2.51. The lowest BCUT2D eigenvalue weighted by molar-refractivity contribution is -0.120. The molecule has 2 saturated carbocycles. The minimum atomic E-state index is 0.0669. The standard InChI is InChI=1S/C21H29NO2/c1-13(23)22-20-12-17-16(8-10-21(2)9-4-5-19(17)21)15-7-6-14(24-3)11-18(15)20/h6-7,11,16-17,19-20H,4-5,8-10,12H2,1-3H3,(H,22,23)/t16-,17-,19+,20+,21+/m1/s1. The van der Waals surface area contributed by atoms with Crippen LogP contribution in [0.15, 0.2) is 18.2 Å². The maximum atomic E-state index is 11.8. The van der Waals surface area contributed by atoms with Crippen LogP contribution in [0.5, 0.6) is 5.75 Å². The highest BCUT2D eigenvalue weighted by atomic mass is 16.5. The van der Waals surface area contributed by atoms with Crippen LogP contribution in [0.25, 0.3) is 0 Å². The molecule has 0 unspecified atom stereocenters. The minimum Gasteiger partial charge on any atom is -0.497 e. The van der Waals surface area contributed by atoms with E-state index in [4.69, 9.17) is 4.74 Å². The molecule has 1 amide bonds. The molecule has 3 heteroatoms. The average molecular weight is 327 g/mol. The van der Waals surface area contributed by atoms with Crippen molar-refractivity contribution in [1.29, 1.82) is 0 Å². The summed E-state index contributed by atoms with van der Waals surface area (Å²) in [6.45, 7) is 4.14. The van der Waals surface area contributed by atoms with E-state index in [-0.39, 0.29) is 11.9 Å². The quantitative estimate of drug-likeness (QED) is 0.863. The number of ether oxygens (including phenoxy) is 1. The van der Waals surface area contributed by atoms with Crippen molar-refractivity contribution in [3.8, 4) is 5.75 Å². The lowest BCUT2D eigenvalue weighted by Crippen LogP contribution is -2.43. The van der Waals surface area contributed by atoms with E-state index < -0.39 is 0 Å². The van der Waals surface area contributed by atoms with Gasteiger partial charge in [0, 0.05) is 6.92 Å². The van der Waals surface area contributed by atoms with E-state index in [0.717, 1.165) is 18.1 Å². The number of nitrogens with one attached hydrogen (secondary N) is 1. The van der Waals surface area contributed by atoms with Gasteiger partial charge in [0.05, 0.1) is 13.2 Å². The van der Waals surface area contributed by atoms with Crippen LogP contribution in [0.3, 0.4) is 0 Å². The van der Waals surface area contributed by atoms with Gasteiger partial charge in [0.15, 0.2) is 0 Å². The van der Waals surface area contributed by atoms with Crippen LogP contribution in [0.4, 0.5) is 0 Å². The zero-order valence-corrected chi connectivity index (χ0v) is 15.1. The van der Waals surface area contributed by atoms with Crippen molar-refractivity contribution < 1.29 is 9.53 Å². The van der Waals surface area contributed by atoms with Gasteiger partial charge in [-0.15, -0.1) is 0 Å². The van der Waals surface area contributed by atoms with E-state index in [0.29, 0.717) is 17.3 Å². The maximum absolute atomic E-state index is 11.8. The van der Waals surface area contributed by atoms with E-state index >= 15 is 0 Å². The summed E-state index contributed by atoms with van der Waals surface area (Å²) in [6, 6.07) is 6.64. The fourth-order valence-corrected chi connectivity index (χ4v) is 6.10. The molecule has 0 spiro atoms. The second-order valence-electron chi connectivity index (χ2n) is 8.45. The van der Waals surface area contributed by atoms with Crippen LogP contribution in [-0.2, 0) is 4.79 Å². The number of hydrogen-bond donors (Lipinski definition) is 1. The Morgan fingerprint density at radius 1 is 1.25 bits per heavy atom. The Morgan fingerprint density at radius 3 is 2.83 bits per heavy atom. The van der Waals surface area contributed by atoms with E-state index in [9.17, 15) is 4.79 Å². The predicted octanol–water partition coefficient (Wildman–Crippen LogP) is 4.58. The summed E-state index contributed by atoms with van der Waals surface area (Å²) in [5.41, 5.74) is 3.28. The van der Waals surface area contributed by atoms with Gasteiger partial charge in [-0.05, 0) is 78.5 Å². The van der Waals surface area contributed by atoms with Gasteiger partial charge in [0.1, 0.15) is 5.75 Å². The molecule has 4 rings (SSSR count). The van der Waals surface area contributed by atoms with Gasteiger partial charge < -0.3 is 10.1 Å². The Hall–Kier alpha value is -1.51. The number of methoxy groups -OCH3 is 1. The zero-order chi connectivity index (χ0) is 16.9. The molecule has 0 aliphatic heterocycles. The van der Waals surface area contributed by atoms with Crippen LogP contribution < -0.4 is 10.1 Å². The molecule has 1 aromatic carbocycles. The maximum Gasteiger partial charge on any atom is 0.217 e. The summed E-state index contributed by atoms with van der Waals surface area (Å²) < 4.78 is 5.44. The monoisotopic (exact) mass is 327 g/mol. The summed E-state index contributed by atoms with van der Waals surface area (Å²) in [4.78, 5) is 11.8. The molecular weight excluding hydrogens is 298 g/mol. The van der Waals surface area contributed by atoms with Crippen molar-refractivity contribution in [2.45, 2.75) is 64.3 Å². The molecule has 0 bridgehead atoms. The number of rotatable bonds is 2. The molecule has 3 nitrogen and oxygen atoms in total. The topological polar surface area (TPSA) is 38.3 Å². The first-order valence-corrected chi connectivity index (χ1v) is 9.47. The number of benzene rings is 1. The third-order valence-electron chi connectivity index (χ3n) is 7.17. The fourth-order valence-electron chi connectivity index (χ4n) is 6.10. The van der Waals surface area contributed by atoms with Gasteiger partial charge in [0.2, 0.25) is 5.91 Å². The Balaban J connectivity index is 1.75. The lowest BCUT2D eigenvalue weighted by atomic mass is 9.55. The Labute approximate surface area is 145 Å². The Kier molecular flexibility index (Phi) is 3.85. The largest absolute Gasteiger partial charge is 0.497 e. The first kappa shape index (κ1) is 16.0. The molecule has 0 aromatic heterocycles. The van der Waals surface area contributed by atoms with E-state index in [1.165, 1.54) is 43.2 Å². The van der Waals surface area contributed by atoms with Crippen molar-refractivity contribution in [1.82, 2.24) is 5.32 Å².